The highest BCUT2D eigenvalue weighted by atomic mass is 16.2. The first-order chi connectivity index (χ1) is 7.16. The van der Waals surface area contributed by atoms with E-state index in [1.807, 2.05) is 0 Å². The first-order valence-electron chi connectivity index (χ1n) is 4.76. The molecule has 1 aromatic rings. The standard InChI is InChI=1S/C9H13N5O/c1-14-3-2-6(9(14)15)13-8-4-7(10)11-5-12-8/h4-6H,2-3H2,1H3,(H3,10,11,12,13). The molecule has 15 heavy (non-hydrogen) atoms. The van der Waals surface area contributed by atoms with Crippen LogP contribution in [0.15, 0.2) is 12.4 Å². The topological polar surface area (TPSA) is 84.1 Å². The molecule has 1 unspecified atom stereocenters. The summed E-state index contributed by atoms with van der Waals surface area (Å²) in [6.45, 7) is 0.775. The van der Waals surface area contributed by atoms with E-state index in [1.165, 1.54) is 6.33 Å². The predicted molar refractivity (Wildman–Crippen MR) is 56.1 cm³/mol. The van der Waals surface area contributed by atoms with Gasteiger partial charge in [-0.25, -0.2) is 9.97 Å². The minimum Gasteiger partial charge on any atom is -0.384 e. The van der Waals surface area contributed by atoms with Crippen LogP contribution in [0.5, 0.6) is 0 Å². The van der Waals surface area contributed by atoms with E-state index >= 15 is 0 Å². The van der Waals surface area contributed by atoms with Gasteiger partial charge in [0, 0.05) is 19.7 Å². The SMILES string of the molecule is CN1CCC(Nc2cc(N)ncn2)C1=O. The van der Waals surface area contributed by atoms with E-state index in [4.69, 9.17) is 5.73 Å². The van der Waals surface area contributed by atoms with Crippen LogP contribution in [-0.4, -0.2) is 40.4 Å². The third-order valence-corrected chi connectivity index (χ3v) is 2.44. The van der Waals surface area contributed by atoms with Gasteiger partial charge in [-0.3, -0.25) is 4.79 Å². The van der Waals surface area contributed by atoms with Gasteiger partial charge in [0.1, 0.15) is 24.0 Å². The van der Waals surface area contributed by atoms with Crippen molar-refractivity contribution in [3.8, 4) is 0 Å². The minimum absolute atomic E-state index is 0.0900. The van der Waals surface area contributed by atoms with Crippen LogP contribution in [0.2, 0.25) is 0 Å². The number of nitrogens with one attached hydrogen (secondary N) is 1. The van der Waals surface area contributed by atoms with E-state index < -0.39 is 0 Å². The average Bonchev–Trinajstić information content (AvgIpc) is 2.50. The number of nitrogens with two attached hydrogens (primary N) is 1. The van der Waals surface area contributed by atoms with Crippen LogP contribution < -0.4 is 11.1 Å². The molecule has 6 heteroatoms. The zero-order chi connectivity index (χ0) is 10.8. The average molecular weight is 207 g/mol. The van der Waals surface area contributed by atoms with Crippen LogP contribution in [0.1, 0.15) is 6.42 Å². The third-order valence-electron chi connectivity index (χ3n) is 2.44. The van der Waals surface area contributed by atoms with Crippen molar-refractivity contribution in [3.63, 3.8) is 0 Å². The number of anilines is 2. The van der Waals surface area contributed by atoms with Gasteiger partial charge in [-0.1, -0.05) is 0 Å². The Hall–Kier alpha value is -1.85. The van der Waals surface area contributed by atoms with Crippen LogP contribution >= 0.6 is 0 Å². The zero-order valence-corrected chi connectivity index (χ0v) is 8.47. The van der Waals surface area contributed by atoms with Crippen molar-refractivity contribution >= 4 is 17.5 Å². The van der Waals surface area contributed by atoms with E-state index in [2.05, 4.69) is 15.3 Å². The fourth-order valence-electron chi connectivity index (χ4n) is 1.59. The highest BCUT2D eigenvalue weighted by Crippen LogP contribution is 2.14. The smallest absolute Gasteiger partial charge is 0.244 e. The second-order valence-electron chi connectivity index (χ2n) is 3.57. The molecule has 2 heterocycles. The number of carbonyl (C=O) groups excluding carboxylic acids is 1. The molecule has 1 aromatic heterocycles. The Kier molecular flexibility index (Phi) is 2.40. The summed E-state index contributed by atoms with van der Waals surface area (Å²) in [4.78, 5) is 21.0. The maximum Gasteiger partial charge on any atom is 0.244 e. The van der Waals surface area contributed by atoms with Crippen molar-refractivity contribution in [1.82, 2.24) is 14.9 Å². The quantitative estimate of drug-likeness (QED) is 0.695. The molecule has 1 aliphatic heterocycles. The predicted octanol–water partition coefficient (Wildman–Crippen LogP) is -0.299. The number of hydrogen-bond donors (Lipinski definition) is 2. The number of rotatable bonds is 2. The molecule has 1 atom stereocenters. The number of likely N-dealkylation sites (tertiary alicyclic amines) is 1. The lowest BCUT2D eigenvalue weighted by atomic mass is 10.2. The van der Waals surface area contributed by atoms with E-state index in [1.54, 1.807) is 18.0 Å². The van der Waals surface area contributed by atoms with E-state index in [0.717, 1.165) is 13.0 Å². The summed E-state index contributed by atoms with van der Waals surface area (Å²) in [7, 11) is 1.79. The highest BCUT2D eigenvalue weighted by molar-refractivity contribution is 5.86. The number of amides is 1. The minimum atomic E-state index is -0.190. The molecule has 3 N–H and O–H groups in total. The molecule has 80 valence electrons. The third kappa shape index (κ3) is 1.98. The van der Waals surface area contributed by atoms with E-state index in [0.29, 0.717) is 11.6 Å². The van der Waals surface area contributed by atoms with E-state index in [9.17, 15) is 4.79 Å². The Morgan fingerprint density at radius 3 is 3.00 bits per heavy atom. The number of hydrogen-bond acceptors (Lipinski definition) is 5. The highest BCUT2D eigenvalue weighted by Gasteiger charge is 2.28. The fourth-order valence-corrected chi connectivity index (χ4v) is 1.59. The first kappa shape index (κ1) is 9.70. The number of likely N-dealkylation sites (N-methyl/N-ethyl adjacent to an activating group) is 1. The Labute approximate surface area is 87.5 Å². The molecule has 0 bridgehead atoms. The van der Waals surface area contributed by atoms with Gasteiger partial charge in [-0.2, -0.15) is 0 Å². The molecule has 0 radical (unpaired) electrons. The van der Waals surface area contributed by atoms with Gasteiger partial charge in [0.15, 0.2) is 0 Å². The maximum absolute atomic E-state index is 11.6. The monoisotopic (exact) mass is 207 g/mol. The Morgan fingerprint density at radius 1 is 1.60 bits per heavy atom. The van der Waals surface area contributed by atoms with Gasteiger partial charge in [-0.15, -0.1) is 0 Å². The summed E-state index contributed by atoms with van der Waals surface area (Å²) >= 11 is 0. The van der Waals surface area contributed by atoms with Crippen molar-refractivity contribution < 1.29 is 4.79 Å². The molecule has 0 aromatic carbocycles. The number of nitrogen functional groups attached to an aromatic ring is 1. The molecule has 0 aliphatic carbocycles. The molecular formula is C9H13N5O. The molecule has 1 saturated heterocycles. The van der Waals surface area contributed by atoms with Crippen molar-refractivity contribution in [1.29, 1.82) is 0 Å². The number of nitrogens with zero attached hydrogens (tertiary/aromatic N) is 3. The van der Waals surface area contributed by atoms with Crippen molar-refractivity contribution in [2.45, 2.75) is 12.5 Å². The molecular weight excluding hydrogens is 194 g/mol. The summed E-state index contributed by atoms with van der Waals surface area (Å²) < 4.78 is 0. The molecule has 1 amide bonds. The Bertz CT molecular complexity index is 381. The summed E-state index contributed by atoms with van der Waals surface area (Å²) in [5.41, 5.74) is 5.51. The largest absolute Gasteiger partial charge is 0.384 e. The molecule has 2 rings (SSSR count). The molecule has 0 saturated carbocycles. The number of aromatic nitrogens is 2. The fraction of sp³-hybridized carbons (Fsp3) is 0.444. The Balaban J connectivity index is 2.06. The van der Waals surface area contributed by atoms with Gasteiger partial charge in [0.05, 0.1) is 0 Å². The lowest BCUT2D eigenvalue weighted by Gasteiger charge is -2.12. The van der Waals surface area contributed by atoms with Gasteiger partial charge in [-0.05, 0) is 6.42 Å². The van der Waals surface area contributed by atoms with Gasteiger partial charge in [0.25, 0.3) is 0 Å². The van der Waals surface area contributed by atoms with Crippen LogP contribution in [0.25, 0.3) is 0 Å². The van der Waals surface area contributed by atoms with E-state index in [-0.39, 0.29) is 11.9 Å². The second-order valence-corrected chi connectivity index (χ2v) is 3.57. The zero-order valence-electron chi connectivity index (χ0n) is 8.47. The lowest BCUT2D eigenvalue weighted by molar-refractivity contribution is -0.127. The summed E-state index contributed by atoms with van der Waals surface area (Å²) in [5.74, 6) is 1.08. The van der Waals surface area contributed by atoms with Gasteiger partial charge < -0.3 is 16.0 Å². The lowest BCUT2D eigenvalue weighted by Crippen LogP contribution is -2.31. The molecule has 1 fully saturated rings. The van der Waals surface area contributed by atoms with Crippen LogP contribution in [-0.2, 0) is 4.79 Å². The summed E-state index contributed by atoms with van der Waals surface area (Å²) in [6.07, 6.45) is 2.17. The normalized spacial score (nSPS) is 20.7. The van der Waals surface area contributed by atoms with Crippen molar-refractivity contribution in [2.75, 3.05) is 24.6 Å². The summed E-state index contributed by atoms with van der Waals surface area (Å²) in [6, 6.07) is 1.43. The molecule has 1 aliphatic rings. The van der Waals surface area contributed by atoms with Crippen LogP contribution in [0.4, 0.5) is 11.6 Å². The molecule has 0 spiro atoms. The first-order valence-corrected chi connectivity index (χ1v) is 4.76. The van der Waals surface area contributed by atoms with Gasteiger partial charge >= 0.3 is 0 Å². The van der Waals surface area contributed by atoms with Crippen LogP contribution in [0.3, 0.4) is 0 Å². The summed E-state index contributed by atoms with van der Waals surface area (Å²) in [5, 5.41) is 3.04. The Morgan fingerprint density at radius 2 is 2.40 bits per heavy atom. The van der Waals surface area contributed by atoms with Crippen molar-refractivity contribution in [3.05, 3.63) is 12.4 Å². The van der Waals surface area contributed by atoms with Gasteiger partial charge in [0.2, 0.25) is 5.91 Å². The van der Waals surface area contributed by atoms with Crippen molar-refractivity contribution in [2.24, 2.45) is 0 Å². The number of carbonyl (C=O) groups is 1. The maximum atomic E-state index is 11.6. The molecule has 6 nitrogen and oxygen atoms in total. The second kappa shape index (κ2) is 3.72. The van der Waals surface area contributed by atoms with Crippen LogP contribution in [0, 0.1) is 0 Å².